The van der Waals surface area contributed by atoms with Crippen molar-refractivity contribution < 1.29 is 9.18 Å². The molecule has 0 radical (unpaired) electrons. The van der Waals surface area contributed by atoms with Gasteiger partial charge in [0.1, 0.15) is 23.0 Å². The van der Waals surface area contributed by atoms with Crippen LogP contribution in [0.25, 0.3) is 5.65 Å². The van der Waals surface area contributed by atoms with E-state index >= 15 is 0 Å². The van der Waals surface area contributed by atoms with Crippen LogP contribution in [0.4, 0.5) is 10.2 Å². The van der Waals surface area contributed by atoms with Crippen LogP contribution in [0.15, 0.2) is 36.7 Å². The first-order valence-electron chi connectivity index (χ1n) is 7.49. The summed E-state index contributed by atoms with van der Waals surface area (Å²) in [5.74, 6) is -0.263. The maximum Gasteiger partial charge on any atom is 0.275 e. The Morgan fingerprint density at radius 1 is 1.35 bits per heavy atom. The van der Waals surface area contributed by atoms with Crippen LogP contribution >= 0.6 is 0 Å². The summed E-state index contributed by atoms with van der Waals surface area (Å²) in [4.78, 5) is 21.3. The topological polar surface area (TPSA) is 59.3 Å². The number of carbonyl (C=O) groups excluding carboxylic acids is 1. The Morgan fingerprint density at radius 3 is 2.91 bits per heavy atom. The molecule has 0 aliphatic carbocycles. The summed E-state index contributed by atoms with van der Waals surface area (Å²) >= 11 is 0. The van der Waals surface area contributed by atoms with Gasteiger partial charge in [-0.1, -0.05) is 19.4 Å². The highest BCUT2D eigenvalue weighted by Crippen LogP contribution is 2.18. The summed E-state index contributed by atoms with van der Waals surface area (Å²) in [6.45, 7) is 3.87. The quantitative estimate of drug-likeness (QED) is 0.803. The first kappa shape index (κ1) is 15.1. The van der Waals surface area contributed by atoms with Gasteiger partial charge in [-0.05, 0) is 37.1 Å². The number of carbonyl (C=O) groups is 1. The standard InChI is InChI=1S/C17H17FN4O/c1-3-5-13-15(22-10-12(18)7-8-14(22)20-13)17(23)21-16-11(2)6-4-9-19-16/h4,6-10H,3,5H2,1-2H3,(H,19,21,23). The fourth-order valence-corrected chi connectivity index (χ4v) is 2.50. The lowest BCUT2D eigenvalue weighted by molar-refractivity contribution is 0.102. The molecule has 1 amide bonds. The number of imidazole rings is 1. The molecule has 0 atom stereocenters. The molecule has 1 N–H and O–H groups in total. The predicted octanol–water partition coefficient (Wildman–Crippen LogP) is 3.38. The third-order valence-electron chi connectivity index (χ3n) is 3.60. The number of hydrogen-bond acceptors (Lipinski definition) is 3. The lowest BCUT2D eigenvalue weighted by Gasteiger charge is -2.08. The van der Waals surface area contributed by atoms with Gasteiger partial charge in [-0.25, -0.2) is 14.4 Å². The van der Waals surface area contributed by atoms with E-state index in [0.717, 1.165) is 12.0 Å². The van der Waals surface area contributed by atoms with Gasteiger partial charge in [-0.2, -0.15) is 0 Å². The van der Waals surface area contributed by atoms with Gasteiger partial charge in [0.05, 0.1) is 5.69 Å². The Bertz CT molecular complexity index is 872. The summed E-state index contributed by atoms with van der Waals surface area (Å²) in [5.41, 5.74) is 2.42. The average Bonchev–Trinajstić information content (AvgIpc) is 2.87. The van der Waals surface area contributed by atoms with E-state index in [0.29, 0.717) is 29.3 Å². The van der Waals surface area contributed by atoms with Gasteiger partial charge in [-0.15, -0.1) is 0 Å². The highest BCUT2D eigenvalue weighted by Gasteiger charge is 2.20. The van der Waals surface area contributed by atoms with Crippen molar-refractivity contribution in [3.63, 3.8) is 0 Å². The summed E-state index contributed by atoms with van der Waals surface area (Å²) in [7, 11) is 0. The van der Waals surface area contributed by atoms with Crippen molar-refractivity contribution in [2.75, 3.05) is 5.32 Å². The van der Waals surface area contributed by atoms with Crippen LogP contribution < -0.4 is 5.32 Å². The first-order chi connectivity index (χ1) is 11.1. The van der Waals surface area contributed by atoms with Crippen molar-refractivity contribution in [2.24, 2.45) is 0 Å². The lowest BCUT2D eigenvalue weighted by Crippen LogP contribution is -2.18. The molecule has 0 spiro atoms. The van der Waals surface area contributed by atoms with Crippen LogP contribution in [0.5, 0.6) is 0 Å². The van der Waals surface area contributed by atoms with Crippen molar-refractivity contribution in [2.45, 2.75) is 26.7 Å². The monoisotopic (exact) mass is 312 g/mol. The Hall–Kier alpha value is -2.76. The molecule has 3 aromatic heterocycles. The molecule has 3 aromatic rings. The van der Waals surface area contributed by atoms with Gasteiger partial charge < -0.3 is 5.32 Å². The van der Waals surface area contributed by atoms with Crippen molar-refractivity contribution in [1.29, 1.82) is 0 Å². The van der Waals surface area contributed by atoms with Gasteiger partial charge in [0, 0.05) is 12.4 Å². The van der Waals surface area contributed by atoms with Gasteiger partial charge >= 0.3 is 0 Å². The summed E-state index contributed by atoms with van der Waals surface area (Å²) in [6.07, 6.45) is 4.38. The van der Waals surface area contributed by atoms with E-state index in [2.05, 4.69) is 15.3 Å². The predicted molar refractivity (Wildman–Crippen MR) is 86.1 cm³/mol. The van der Waals surface area contributed by atoms with E-state index in [1.54, 1.807) is 18.3 Å². The molecule has 0 bridgehead atoms. The van der Waals surface area contributed by atoms with Crippen molar-refractivity contribution >= 4 is 17.4 Å². The second-order valence-electron chi connectivity index (χ2n) is 5.36. The van der Waals surface area contributed by atoms with Crippen LogP contribution in [0.1, 0.15) is 35.1 Å². The van der Waals surface area contributed by atoms with Crippen LogP contribution in [0, 0.1) is 12.7 Å². The molecule has 0 unspecified atom stereocenters. The summed E-state index contributed by atoms with van der Waals surface area (Å²) < 4.78 is 15.1. The number of halogens is 1. The number of hydrogen-bond donors (Lipinski definition) is 1. The number of amides is 1. The third-order valence-corrected chi connectivity index (χ3v) is 3.60. The Kier molecular flexibility index (Phi) is 4.06. The van der Waals surface area contributed by atoms with E-state index in [4.69, 9.17) is 0 Å². The zero-order chi connectivity index (χ0) is 16.4. The fraction of sp³-hybridized carbons (Fsp3) is 0.235. The van der Waals surface area contributed by atoms with Crippen LogP contribution in [-0.4, -0.2) is 20.3 Å². The molecule has 0 saturated carbocycles. The molecular formula is C17H17FN4O. The lowest BCUT2D eigenvalue weighted by atomic mass is 10.2. The number of nitrogens with zero attached hydrogens (tertiary/aromatic N) is 3. The third kappa shape index (κ3) is 2.92. The summed E-state index contributed by atoms with van der Waals surface area (Å²) in [5, 5.41) is 2.79. The van der Waals surface area contributed by atoms with E-state index in [1.165, 1.54) is 16.7 Å². The van der Waals surface area contributed by atoms with Gasteiger partial charge in [0.25, 0.3) is 5.91 Å². The van der Waals surface area contributed by atoms with Crippen LogP contribution in [0.2, 0.25) is 0 Å². The highest BCUT2D eigenvalue weighted by molar-refractivity contribution is 6.04. The fourth-order valence-electron chi connectivity index (χ4n) is 2.50. The Labute approximate surface area is 133 Å². The molecule has 0 saturated heterocycles. The highest BCUT2D eigenvalue weighted by atomic mass is 19.1. The number of pyridine rings is 2. The number of aryl methyl sites for hydroxylation is 2. The summed E-state index contributed by atoms with van der Waals surface area (Å²) in [6, 6.07) is 6.57. The van der Waals surface area contributed by atoms with Crippen LogP contribution in [0.3, 0.4) is 0 Å². The van der Waals surface area contributed by atoms with Gasteiger partial charge in [0.15, 0.2) is 0 Å². The van der Waals surface area contributed by atoms with E-state index in [1.807, 2.05) is 19.9 Å². The molecule has 118 valence electrons. The molecule has 3 heterocycles. The molecule has 3 rings (SSSR count). The number of rotatable bonds is 4. The number of anilines is 1. The average molecular weight is 312 g/mol. The molecule has 5 nitrogen and oxygen atoms in total. The smallest absolute Gasteiger partial charge is 0.275 e. The van der Waals surface area contributed by atoms with E-state index in [9.17, 15) is 9.18 Å². The molecule has 0 aliphatic heterocycles. The minimum absolute atomic E-state index is 0.339. The number of nitrogens with one attached hydrogen (secondary N) is 1. The van der Waals surface area contributed by atoms with Crippen molar-refractivity contribution in [3.05, 3.63) is 59.4 Å². The first-order valence-corrected chi connectivity index (χ1v) is 7.49. The molecule has 0 aromatic carbocycles. The zero-order valence-corrected chi connectivity index (χ0v) is 13.0. The second-order valence-corrected chi connectivity index (χ2v) is 5.36. The number of aromatic nitrogens is 3. The molecule has 23 heavy (non-hydrogen) atoms. The molecule has 0 aliphatic rings. The minimum Gasteiger partial charge on any atom is -0.305 e. The maximum atomic E-state index is 13.6. The second kappa shape index (κ2) is 6.16. The zero-order valence-electron chi connectivity index (χ0n) is 13.0. The largest absolute Gasteiger partial charge is 0.305 e. The Morgan fingerprint density at radius 2 is 2.17 bits per heavy atom. The van der Waals surface area contributed by atoms with E-state index < -0.39 is 5.82 Å². The SMILES string of the molecule is CCCc1nc2ccc(F)cn2c1C(=O)Nc1ncccc1C. The molecule has 6 heteroatoms. The van der Waals surface area contributed by atoms with Gasteiger partial charge in [-0.3, -0.25) is 9.20 Å². The Balaban J connectivity index is 2.06. The van der Waals surface area contributed by atoms with Crippen LogP contribution in [-0.2, 0) is 6.42 Å². The number of fused-ring (bicyclic) bond motifs is 1. The van der Waals surface area contributed by atoms with Crippen molar-refractivity contribution in [1.82, 2.24) is 14.4 Å². The minimum atomic E-state index is -0.416. The maximum absolute atomic E-state index is 13.6. The molecule has 0 fully saturated rings. The normalized spacial score (nSPS) is 10.9. The van der Waals surface area contributed by atoms with E-state index in [-0.39, 0.29) is 5.91 Å². The van der Waals surface area contributed by atoms with Gasteiger partial charge in [0.2, 0.25) is 0 Å². The molecular weight excluding hydrogens is 295 g/mol. The van der Waals surface area contributed by atoms with Crippen molar-refractivity contribution in [3.8, 4) is 0 Å².